The van der Waals surface area contributed by atoms with Gasteiger partial charge in [0.25, 0.3) is 0 Å². The van der Waals surface area contributed by atoms with E-state index in [0.29, 0.717) is 0 Å². The molecule has 20 heavy (non-hydrogen) atoms. The molecule has 0 N–H and O–H groups in total. The first-order valence-corrected chi connectivity index (χ1v) is 5.30. The Morgan fingerprint density at radius 2 is 1.00 bits per heavy atom. The monoisotopic (exact) mass is 252 g/mol. The third-order valence-corrected chi connectivity index (χ3v) is 3.00. The van der Waals surface area contributed by atoms with Crippen molar-refractivity contribution in [2.75, 3.05) is 0 Å². The van der Waals surface area contributed by atoms with E-state index in [2.05, 4.69) is 0 Å². The maximum absolute atomic E-state index is 12.1. The first-order chi connectivity index (χ1) is 8.61. The summed E-state index contributed by atoms with van der Waals surface area (Å²) in [7, 11) is 0. The van der Waals surface area contributed by atoms with E-state index >= 15 is 0 Å². The minimum Gasteiger partial charge on any atom is -0.872 e. The smallest absolute Gasteiger partial charge is 0.872 e. The fraction of sp³-hybridized carbons (Fsp3) is 0. The predicted molar refractivity (Wildman–Crippen MR) is 58.6 cm³/mol. The average molecular weight is 252 g/mol. The second kappa shape index (κ2) is 5.91. The van der Waals surface area contributed by atoms with Gasteiger partial charge >= 0.3 is 37.7 Å². The van der Waals surface area contributed by atoms with Crippen LogP contribution in [0, 0.1) is 0 Å². The Balaban J connectivity index is 0.000001000. The molecule has 0 unspecified atom stereocenters. The van der Waals surface area contributed by atoms with Crippen molar-refractivity contribution in [3.8, 4) is 11.5 Å². The van der Waals surface area contributed by atoms with Crippen LogP contribution in [0.1, 0.15) is 31.8 Å². The van der Waals surface area contributed by atoms with Gasteiger partial charge in [-0.25, -0.2) is 0 Å². The molecule has 0 saturated heterocycles. The van der Waals surface area contributed by atoms with Crippen molar-refractivity contribution in [1.29, 1.82) is 0 Å². The van der Waals surface area contributed by atoms with Crippen molar-refractivity contribution in [2.24, 2.45) is 0 Å². The number of hydrogen-bond acceptors (Lipinski definition) is 4. The Bertz CT molecular complexity index is 649. The summed E-state index contributed by atoms with van der Waals surface area (Å²) in [4.78, 5) is 24.3. The van der Waals surface area contributed by atoms with Crippen molar-refractivity contribution < 1.29 is 57.5 Å². The zero-order valence-corrected chi connectivity index (χ0v) is 11.1. The van der Waals surface area contributed by atoms with E-state index in [1.807, 2.05) is 0 Å². The van der Waals surface area contributed by atoms with Crippen molar-refractivity contribution in [2.45, 2.75) is 0 Å². The van der Waals surface area contributed by atoms with E-state index in [1.54, 1.807) is 0 Å². The molecule has 0 spiro atoms. The van der Waals surface area contributed by atoms with Crippen molar-refractivity contribution >= 4 is 11.6 Å². The number of benzene rings is 2. The van der Waals surface area contributed by atoms with E-state index < -0.39 is 23.1 Å². The Labute approximate surface area is 139 Å². The molecule has 0 amide bonds. The second-order valence-corrected chi connectivity index (χ2v) is 4.02. The van der Waals surface area contributed by atoms with Crippen LogP contribution in [0.2, 0.25) is 0 Å². The first-order valence-electron chi connectivity index (χ1n) is 5.30. The van der Waals surface area contributed by atoms with Crippen LogP contribution >= 0.6 is 0 Å². The Morgan fingerprint density at radius 3 is 1.35 bits per heavy atom. The molecule has 0 radical (unpaired) electrons. The zero-order valence-electron chi connectivity index (χ0n) is 11.1. The van der Waals surface area contributed by atoms with Gasteiger partial charge in [0, 0.05) is 22.3 Å². The molecule has 0 aliphatic heterocycles. The standard InChI is InChI=1S/C14H8O4.2Li/c15-9-5-1-3-7-11(9)14(18)8-4-2-6-10(16)12(8)13(7)17;;/h1-6,15-16H;;/q;2*+1/p-2. The van der Waals surface area contributed by atoms with Crippen LogP contribution in [-0.2, 0) is 0 Å². The maximum atomic E-state index is 12.1. The number of hydrogen-bond donors (Lipinski definition) is 0. The van der Waals surface area contributed by atoms with Gasteiger partial charge in [-0.3, -0.25) is 9.59 Å². The molecule has 0 fully saturated rings. The molecule has 0 bridgehead atoms. The average Bonchev–Trinajstić information content (AvgIpc) is 2.35. The van der Waals surface area contributed by atoms with Gasteiger partial charge < -0.3 is 10.2 Å². The molecule has 3 rings (SSSR count). The molecular formula is C14H6Li2O4. The zero-order chi connectivity index (χ0) is 12.9. The van der Waals surface area contributed by atoms with Gasteiger partial charge in [-0.15, -0.1) is 0 Å². The van der Waals surface area contributed by atoms with Crippen LogP contribution < -0.4 is 47.9 Å². The van der Waals surface area contributed by atoms with Crippen molar-refractivity contribution in [1.82, 2.24) is 0 Å². The molecule has 2 aromatic carbocycles. The SMILES string of the molecule is O=C1c2cccc([O-])c2C(=O)c2cccc([O-])c21.[Li+].[Li+]. The molecule has 6 heteroatoms. The van der Waals surface area contributed by atoms with Gasteiger partial charge in [-0.2, -0.15) is 0 Å². The van der Waals surface area contributed by atoms with Crippen LogP contribution in [0.4, 0.5) is 0 Å². The first kappa shape index (κ1) is 16.6. The van der Waals surface area contributed by atoms with E-state index in [4.69, 9.17) is 0 Å². The molecule has 1 aliphatic rings. The largest absolute Gasteiger partial charge is 1.00 e. The molecule has 0 heterocycles. The number of fused-ring (bicyclic) bond motifs is 2. The van der Waals surface area contributed by atoms with E-state index in [9.17, 15) is 19.8 Å². The number of ketones is 2. The van der Waals surface area contributed by atoms with Gasteiger partial charge in [-0.1, -0.05) is 47.9 Å². The van der Waals surface area contributed by atoms with Gasteiger partial charge in [-0.05, 0) is 0 Å². The van der Waals surface area contributed by atoms with E-state index in [1.165, 1.54) is 36.4 Å². The van der Waals surface area contributed by atoms with Gasteiger partial charge in [0.05, 0.1) is 0 Å². The van der Waals surface area contributed by atoms with Gasteiger partial charge in [0.15, 0.2) is 11.6 Å². The van der Waals surface area contributed by atoms with Crippen LogP contribution in [0.15, 0.2) is 36.4 Å². The fourth-order valence-corrected chi connectivity index (χ4v) is 2.18. The Kier molecular flexibility index (Phi) is 4.92. The summed E-state index contributed by atoms with van der Waals surface area (Å²) in [6.07, 6.45) is 0. The summed E-state index contributed by atoms with van der Waals surface area (Å²) in [5.41, 5.74) is -0.243. The third kappa shape index (κ3) is 2.22. The Hall–Kier alpha value is -1.43. The van der Waals surface area contributed by atoms with Gasteiger partial charge in [0.1, 0.15) is 0 Å². The van der Waals surface area contributed by atoms with Crippen LogP contribution in [0.3, 0.4) is 0 Å². The summed E-state index contributed by atoms with van der Waals surface area (Å²) >= 11 is 0. The minimum absolute atomic E-state index is 0. The van der Waals surface area contributed by atoms with E-state index in [-0.39, 0.29) is 60.0 Å². The predicted octanol–water partition coefficient (Wildman–Crippen LogP) is -5.38. The summed E-state index contributed by atoms with van der Waals surface area (Å²) in [5, 5.41) is 23.3. The summed E-state index contributed by atoms with van der Waals surface area (Å²) < 4.78 is 0. The molecule has 2 aromatic rings. The second-order valence-electron chi connectivity index (χ2n) is 4.02. The molecule has 0 atom stereocenters. The van der Waals surface area contributed by atoms with Crippen molar-refractivity contribution in [3.05, 3.63) is 58.7 Å². The molecule has 4 nitrogen and oxygen atoms in total. The normalized spacial score (nSPS) is 11.8. The number of rotatable bonds is 0. The van der Waals surface area contributed by atoms with Crippen LogP contribution in [0.25, 0.3) is 0 Å². The van der Waals surface area contributed by atoms with E-state index in [0.717, 1.165) is 0 Å². The van der Waals surface area contributed by atoms with Crippen molar-refractivity contribution in [3.63, 3.8) is 0 Å². The molecule has 1 aliphatic carbocycles. The molecule has 0 saturated carbocycles. The number of carbonyl (C=O) groups excluding carboxylic acids is 2. The minimum atomic E-state index is -0.553. The molecule has 0 aromatic heterocycles. The Morgan fingerprint density at radius 1 is 0.650 bits per heavy atom. The van der Waals surface area contributed by atoms with Gasteiger partial charge in [0.2, 0.25) is 0 Å². The topological polar surface area (TPSA) is 80.3 Å². The summed E-state index contributed by atoms with van der Waals surface area (Å²) in [6, 6.07) is 8.07. The summed E-state index contributed by atoms with van der Waals surface area (Å²) in [6.45, 7) is 0. The van der Waals surface area contributed by atoms with Crippen LogP contribution in [0.5, 0.6) is 11.5 Å². The third-order valence-electron chi connectivity index (χ3n) is 3.00. The fourth-order valence-electron chi connectivity index (χ4n) is 2.18. The number of carbonyl (C=O) groups is 2. The molecule has 88 valence electrons. The maximum Gasteiger partial charge on any atom is 1.00 e. The molecular weight excluding hydrogens is 246 g/mol. The summed E-state index contributed by atoms with van der Waals surface area (Å²) in [5.74, 6) is -2.09. The quantitative estimate of drug-likeness (QED) is 0.374. The van der Waals surface area contributed by atoms with Crippen LogP contribution in [-0.4, -0.2) is 11.6 Å².